The van der Waals surface area contributed by atoms with Gasteiger partial charge in [0.2, 0.25) is 0 Å². The van der Waals surface area contributed by atoms with Crippen LogP contribution in [0.2, 0.25) is 0 Å². The van der Waals surface area contributed by atoms with Crippen LogP contribution in [0.25, 0.3) is 0 Å². The predicted octanol–water partition coefficient (Wildman–Crippen LogP) is 3.06. The van der Waals surface area contributed by atoms with Gasteiger partial charge in [-0.05, 0) is 37.8 Å². The Balaban J connectivity index is 1.40. The molecule has 2 fully saturated rings. The van der Waals surface area contributed by atoms with E-state index in [4.69, 9.17) is 9.15 Å². The van der Waals surface area contributed by atoms with Crippen LogP contribution in [-0.2, 0) is 18.3 Å². The van der Waals surface area contributed by atoms with E-state index >= 15 is 0 Å². The number of furan rings is 1. The molecule has 0 aromatic carbocycles. The Kier molecular flexibility index (Phi) is 3.77. The molecule has 1 saturated heterocycles. The summed E-state index contributed by atoms with van der Waals surface area (Å²) in [5.41, 5.74) is 2.36. The van der Waals surface area contributed by atoms with Crippen LogP contribution in [0.3, 0.4) is 0 Å². The molecule has 0 bridgehead atoms. The second kappa shape index (κ2) is 5.80. The highest BCUT2D eigenvalue weighted by atomic mass is 16.5. The molecule has 0 spiro atoms. The predicted molar refractivity (Wildman–Crippen MR) is 87.1 cm³/mol. The number of ether oxygens (including phenoxy) is 1. The zero-order valence-electron chi connectivity index (χ0n) is 14.1. The van der Waals surface area contributed by atoms with Crippen molar-refractivity contribution in [2.45, 2.75) is 51.3 Å². The van der Waals surface area contributed by atoms with Crippen LogP contribution in [0, 0.1) is 12.8 Å². The Morgan fingerprint density at radius 1 is 1.39 bits per heavy atom. The fourth-order valence-corrected chi connectivity index (χ4v) is 3.54. The third kappa shape index (κ3) is 2.83. The topological polar surface area (TPSA) is 52.2 Å². The molecule has 23 heavy (non-hydrogen) atoms. The van der Waals surface area contributed by atoms with Gasteiger partial charge in [0.25, 0.3) is 0 Å². The normalized spacial score (nSPS) is 30.0. The van der Waals surface area contributed by atoms with E-state index in [-0.39, 0.29) is 6.10 Å². The first-order chi connectivity index (χ1) is 11.1. The highest BCUT2D eigenvalue weighted by molar-refractivity contribution is 5.22. The van der Waals surface area contributed by atoms with Gasteiger partial charge < -0.3 is 14.5 Å². The molecular weight excluding hydrogens is 290 g/mol. The van der Waals surface area contributed by atoms with E-state index in [9.17, 15) is 0 Å². The summed E-state index contributed by atoms with van der Waals surface area (Å²) in [7, 11) is 1.97. The van der Waals surface area contributed by atoms with Crippen molar-refractivity contribution in [3.8, 4) is 0 Å². The number of nitrogens with one attached hydrogen (secondary N) is 1. The minimum Gasteiger partial charge on any atom is -0.464 e. The molecule has 2 aromatic heterocycles. The molecule has 1 saturated carbocycles. The Hall–Kier alpha value is -1.59. The summed E-state index contributed by atoms with van der Waals surface area (Å²) in [4.78, 5) is 0. The van der Waals surface area contributed by atoms with Crippen molar-refractivity contribution < 1.29 is 9.15 Å². The zero-order chi connectivity index (χ0) is 16.0. The van der Waals surface area contributed by atoms with E-state index in [2.05, 4.69) is 36.4 Å². The summed E-state index contributed by atoms with van der Waals surface area (Å²) in [6, 6.07) is 4.55. The van der Waals surface area contributed by atoms with Gasteiger partial charge in [0.15, 0.2) is 0 Å². The quantitative estimate of drug-likeness (QED) is 0.921. The minimum atomic E-state index is 0.0848. The smallest absolute Gasteiger partial charge is 0.117 e. The summed E-state index contributed by atoms with van der Waals surface area (Å²) in [5, 5.41) is 7.95. The lowest BCUT2D eigenvalue weighted by molar-refractivity contribution is 0.0975. The summed E-state index contributed by atoms with van der Waals surface area (Å²) in [6.45, 7) is 5.92. The first kappa shape index (κ1) is 15.0. The number of hydrogen-bond donors (Lipinski definition) is 1. The van der Waals surface area contributed by atoms with Crippen LogP contribution < -0.4 is 5.32 Å². The molecule has 1 aliphatic heterocycles. The van der Waals surface area contributed by atoms with Gasteiger partial charge in [-0.1, -0.05) is 6.92 Å². The SMILES string of the molecule is Cc1c([C@H]2OCC[C@@H]2NCc2ccc(C3CC3C)o2)cnn1C. The lowest BCUT2D eigenvalue weighted by Crippen LogP contribution is -2.31. The lowest BCUT2D eigenvalue weighted by Gasteiger charge is -2.19. The number of aromatic nitrogens is 2. The third-order valence-corrected chi connectivity index (χ3v) is 5.37. The van der Waals surface area contributed by atoms with Crippen LogP contribution in [-0.4, -0.2) is 22.4 Å². The molecular formula is C18H25N3O2. The van der Waals surface area contributed by atoms with Crippen molar-refractivity contribution in [3.05, 3.63) is 41.1 Å². The first-order valence-corrected chi connectivity index (χ1v) is 8.55. The van der Waals surface area contributed by atoms with Crippen molar-refractivity contribution in [1.29, 1.82) is 0 Å². The van der Waals surface area contributed by atoms with Crippen LogP contribution in [0.4, 0.5) is 0 Å². The molecule has 2 unspecified atom stereocenters. The van der Waals surface area contributed by atoms with Gasteiger partial charge in [0.1, 0.15) is 17.6 Å². The van der Waals surface area contributed by atoms with Crippen LogP contribution in [0.5, 0.6) is 0 Å². The van der Waals surface area contributed by atoms with E-state index in [0.29, 0.717) is 12.0 Å². The number of nitrogens with zero attached hydrogens (tertiary/aromatic N) is 2. The molecule has 4 rings (SSSR count). The zero-order valence-corrected chi connectivity index (χ0v) is 14.1. The van der Waals surface area contributed by atoms with Gasteiger partial charge in [-0.2, -0.15) is 5.10 Å². The molecule has 124 valence electrons. The summed E-state index contributed by atoms with van der Waals surface area (Å²) in [6.07, 6.45) is 4.30. The van der Waals surface area contributed by atoms with Crippen molar-refractivity contribution in [2.75, 3.05) is 6.61 Å². The minimum absolute atomic E-state index is 0.0848. The maximum absolute atomic E-state index is 5.99. The fraction of sp³-hybridized carbons (Fsp3) is 0.611. The van der Waals surface area contributed by atoms with Crippen LogP contribution in [0.1, 0.15) is 54.6 Å². The number of hydrogen-bond acceptors (Lipinski definition) is 4. The monoisotopic (exact) mass is 315 g/mol. The Morgan fingerprint density at radius 2 is 2.22 bits per heavy atom. The van der Waals surface area contributed by atoms with Crippen molar-refractivity contribution in [2.24, 2.45) is 13.0 Å². The van der Waals surface area contributed by atoms with Crippen LogP contribution >= 0.6 is 0 Å². The van der Waals surface area contributed by atoms with E-state index in [1.54, 1.807) is 0 Å². The second-order valence-electron chi connectivity index (χ2n) is 7.00. The lowest BCUT2D eigenvalue weighted by atomic mass is 10.0. The summed E-state index contributed by atoms with van der Waals surface area (Å²) >= 11 is 0. The average molecular weight is 315 g/mol. The van der Waals surface area contributed by atoms with Gasteiger partial charge in [-0.15, -0.1) is 0 Å². The highest BCUT2D eigenvalue weighted by Gasteiger charge is 2.37. The molecule has 3 heterocycles. The van der Waals surface area contributed by atoms with E-state index in [1.165, 1.54) is 17.7 Å². The van der Waals surface area contributed by atoms with Gasteiger partial charge >= 0.3 is 0 Å². The standard InChI is InChI=1S/C18H25N3O2/c1-11-8-14(11)17-5-4-13(23-17)9-19-16-6-7-22-18(16)15-10-20-21(3)12(15)2/h4-5,10-11,14,16,18-19H,6-9H2,1-3H3/t11?,14?,16-,18+/m0/s1. The maximum atomic E-state index is 5.99. The molecule has 4 atom stereocenters. The molecule has 1 aliphatic carbocycles. The van der Waals surface area contributed by atoms with Gasteiger partial charge in [-0.25, -0.2) is 0 Å². The Labute approximate surface area is 137 Å². The molecule has 5 heteroatoms. The Morgan fingerprint density at radius 3 is 2.91 bits per heavy atom. The van der Waals surface area contributed by atoms with E-state index in [0.717, 1.165) is 37.0 Å². The van der Waals surface area contributed by atoms with Gasteiger partial charge in [-0.3, -0.25) is 4.68 Å². The summed E-state index contributed by atoms with van der Waals surface area (Å²) in [5.74, 6) is 3.59. The molecule has 2 aromatic rings. The number of rotatable bonds is 5. The summed E-state index contributed by atoms with van der Waals surface area (Å²) < 4.78 is 13.8. The molecule has 1 N–H and O–H groups in total. The fourth-order valence-electron chi connectivity index (χ4n) is 3.54. The molecule has 2 aliphatic rings. The van der Waals surface area contributed by atoms with Crippen molar-refractivity contribution >= 4 is 0 Å². The first-order valence-electron chi connectivity index (χ1n) is 8.55. The molecule has 5 nitrogen and oxygen atoms in total. The average Bonchev–Trinajstić information content (AvgIpc) is 2.93. The van der Waals surface area contributed by atoms with Gasteiger partial charge in [0.05, 0.1) is 12.7 Å². The number of aryl methyl sites for hydroxylation is 1. The van der Waals surface area contributed by atoms with E-state index < -0.39 is 0 Å². The third-order valence-electron chi connectivity index (χ3n) is 5.37. The van der Waals surface area contributed by atoms with E-state index in [1.807, 2.05) is 17.9 Å². The van der Waals surface area contributed by atoms with Crippen LogP contribution in [0.15, 0.2) is 22.7 Å². The van der Waals surface area contributed by atoms with Crippen molar-refractivity contribution in [1.82, 2.24) is 15.1 Å². The second-order valence-corrected chi connectivity index (χ2v) is 7.00. The molecule has 0 radical (unpaired) electrons. The van der Waals surface area contributed by atoms with Crippen molar-refractivity contribution in [3.63, 3.8) is 0 Å². The largest absolute Gasteiger partial charge is 0.464 e. The highest BCUT2D eigenvalue weighted by Crippen LogP contribution is 2.47. The maximum Gasteiger partial charge on any atom is 0.117 e. The molecule has 0 amide bonds. The Bertz CT molecular complexity index is 690. The van der Waals surface area contributed by atoms with Gasteiger partial charge in [0, 0.05) is 36.9 Å².